The molecular weight excluding hydrogens is 310 g/mol. The van der Waals surface area contributed by atoms with E-state index in [1.165, 1.54) is 24.5 Å². The van der Waals surface area contributed by atoms with Gasteiger partial charge in [0.1, 0.15) is 5.15 Å². The van der Waals surface area contributed by atoms with Gasteiger partial charge in [0, 0.05) is 10.8 Å². The number of rotatable bonds is 3. The molecule has 106 valence electrons. The van der Waals surface area contributed by atoms with Crippen molar-refractivity contribution in [2.75, 3.05) is 12.4 Å². The van der Waals surface area contributed by atoms with Gasteiger partial charge in [-0.2, -0.15) is 4.98 Å². The lowest BCUT2D eigenvalue weighted by Crippen LogP contribution is -2.13. The number of benzene rings is 1. The number of amides is 1. The standard InChI is InChI=1S/C14H10ClN3O2S/c1-20-12-7-11(15)16-14(17-12)18-13(19)10-6-8-4-2-3-5-9(8)21-10/h2-7H,1H3,(H,16,17,18,19). The first kappa shape index (κ1) is 13.8. The molecule has 1 aromatic carbocycles. The maximum absolute atomic E-state index is 12.2. The highest BCUT2D eigenvalue weighted by atomic mass is 35.5. The summed E-state index contributed by atoms with van der Waals surface area (Å²) in [5, 5.41) is 3.85. The second kappa shape index (κ2) is 5.67. The minimum Gasteiger partial charge on any atom is -0.481 e. The van der Waals surface area contributed by atoms with E-state index in [2.05, 4.69) is 15.3 Å². The fourth-order valence-corrected chi connectivity index (χ4v) is 2.95. The molecule has 0 bridgehead atoms. The molecule has 2 aromatic heterocycles. The largest absolute Gasteiger partial charge is 0.481 e. The van der Waals surface area contributed by atoms with Crippen molar-refractivity contribution in [1.82, 2.24) is 9.97 Å². The Labute approximate surface area is 129 Å². The number of aromatic nitrogens is 2. The van der Waals surface area contributed by atoms with E-state index in [9.17, 15) is 4.79 Å². The van der Waals surface area contributed by atoms with E-state index in [1.807, 2.05) is 30.3 Å². The van der Waals surface area contributed by atoms with Gasteiger partial charge in [-0.25, -0.2) is 4.98 Å². The van der Waals surface area contributed by atoms with E-state index < -0.39 is 0 Å². The number of ether oxygens (including phenoxy) is 1. The van der Waals surface area contributed by atoms with Gasteiger partial charge in [-0.3, -0.25) is 10.1 Å². The van der Waals surface area contributed by atoms with Crippen molar-refractivity contribution < 1.29 is 9.53 Å². The summed E-state index contributed by atoms with van der Waals surface area (Å²) in [5.41, 5.74) is 0. The molecule has 0 fully saturated rings. The summed E-state index contributed by atoms with van der Waals surface area (Å²) in [4.78, 5) is 20.8. The van der Waals surface area contributed by atoms with Crippen LogP contribution in [0.4, 0.5) is 5.95 Å². The number of thiophene rings is 1. The average Bonchev–Trinajstić information content (AvgIpc) is 2.90. The first-order valence-corrected chi connectivity index (χ1v) is 7.23. The molecule has 0 aliphatic heterocycles. The summed E-state index contributed by atoms with van der Waals surface area (Å²) in [6, 6.07) is 11.1. The van der Waals surface area contributed by atoms with E-state index in [-0.39, 0.29) is 17.0 Å². The Morgan fingerprint density at radius 1 is 1.29 bits per heavy atom. The summed E-state index contributed by atoms with van der Waals surface area (Å²) < 4.78 is 6.04. The van der Waals surface area contributed by atoms with Crippen molar-refractivity contribution in [3.63, 3.8) is 0 Å². The highest BCUT2D eigenvalue weighted by Crippen LogP contribution is 2.26. The van der Waals surface area contributed by atoms with Crippen LogP contribution in [0.15, 0.2) is 36.4 Å². The van der Waals surface area contributed by atoms with E-state index in [0.29, 0.717) is 10.8 Å². The van der Waals surface area contributed by atoms with Crippen LogP contribution >= 0.6 is 22.9 Å². The number of carbonyl (C=O) groups is 1. The van der Waals surface area contributed by atoms with Gasteiger partial charge < -0.3 is 4.74 Å². The van der Waals surface area contributed by atoms with Crippen LogP contribution < -0.4 is 10.1 Å². The Morgan fingerprint density at radius 3 is 2.86 bits per heavy atom. The van der Waals surface area contributed by atoms with E-state index >= 15 is 0 Å². The van der Waals surface area contributed by atoms with Gasteiger partial charge in [-0.1, -0.05) is 29.8 Å². The first-order chi connectivity index (χ1) is 10.2. The van der Waals surface area contributed by atoms with Crippen molar-refractivity contribution >= 4 is 44.9 Å². The smallest absolute Gasteiger partial charge is 0.268 e. The van der Waals surface area contributed by atoms with Gasteiger partial charge >= 0.3 is 0 Å². The van der Waals surface area contributed by atoms with Crippen molar-refractivity contribution in [3.8, 4) is 5.88 Å². The molecule has 0 radical (unpaired) electrons. The molecule has 0 atom stereocenters. The van der Waals surface area contributed by atoms with Gasteiger partial charge in [-0.15, -0.1) is 11.3 Å². The van der Waals surface area contributed by atoms with Crippen LogP contribution in [0, 0.1) is 0 Å². The zero-order chi connectivity index (χ0) is 14.8. The van der Waals surface area contributed by atoms with Gasteiger partial charge in [0.05, 0.1) is 12.0 Å². The number of carbonyl (C=O) groups excluding carboxylic acids is 1. The highest BCUT2D eigenvalue weighted by Gasteiger charge is 2.13. The molecule has 0 saturated heterocycles. The summed E-state index contributed by atoms with van der Waals surface area (Å²) in [6.07, 6.45) is 0. The van der Waals surface area contributed by atoms with E-state index in [1.54, 1.807) is 0 Å². The number of methoxy groups -OCH3 is 1. The van der Waals surface area contributed by atoms with Crippen LogP contribution in [-0.4, -0.2) is 23.0 Å². The van der Waals surface area contributed by atoms with Crippen LogP contribution in [0.25, 0.3) is 10.1 Å². The Bertz CT molecular complexity index is 786. The van der Waals surface area contributed by atoms with E-state index in [0.717, 1.165) is 10.1 Å². The third kappa shape index (κ3) is 2.96. The normalized spacial score (nSPS) is 10.6. The number of hydrogen-bond acceptors (Lipinski definition) is 5. The molecule has 3 rings (SSSR count). The summed E-state index contributed by atoms with van der Waals surface area (Å²) >= 11 is 7.25. The van der Waals surface area contributed by atoms with Crippen molar-refractivity contribution in [3.05, 3.63) is 46.4 Å². The minimum atomic E-state index is -0.277. The average molecular weight is 320 g/mol. The maximum Gasteiger partial charge on any atom is 0.268 e. The lowest BCUT2D eigenvalue weighted by atomic mass is 10.2. The van der Waals surface area contributed by atoms with Crippen molar-refractivity contribution in [1.29, 1.82) is 0 Å². The van der Waals surface area contributed by atoms with Gasteiger partial charge in [0.2, 0.25) is 11.8 Å². The zero-order valence-electron chi connectivity index (χ0n) is 11.0. The molecule has 0 spiro atoms. The summed E-state index contributed by atoms with van der Waals surface area (Å²) in [6.45, 7) is 0. The molecule has 0 aliphatic carbocycles. The second-order valence-electron chi connectivity index (χ2n) is 4.16. The third-order valence-corrected chi connectivity index (χ3v) is 4.06. The second-order valence-corrected chi connectivity index (χ2v) is 5.63. The molecule has 7 heteroatoms. The fourth-order valence-electron chi connectivity index (χ4n) is 1.81. The van der Waals surface area contributed by atoms with Gasteiger partial charge in [0.25, 0.3) is 5.91 Å². The SMILES string of the molecule is COc1cc(Cl)nc(NC(=O)c2cc3ccccc3s2)n1. The Hall–Kier alpha value is -2.18. The number of anilines is 1. The molecule has 3 aromatic rings. The number of nitrogens with zero attached hydrogens (tertiary/aromatic N) is 2. The minimum absolute atomic E-state index is 0.113. The number of hydrogen-bond donors (Lipinski definition) is 1. The van der Waals surface area contributed by atoms with Crippen LogP contribution in [0.5, 0.6) is 5.88 Å². The first-order valence-electron chi connectivity index (χ1n) is 6.04. The third-order valence-electron chi connectivity index (χ3n) is 2.76. The van der Waals surface area contributed by atoms with Crippen LogP contribution in [-0.2, 0) is 0 Å². The number of halogens is 1. The number of fused-ring (bicyclic) bond motifs is 1. The summed E-state index contributed by atoms with van der Waals surface area (Å²) in [7, 11) is 1.47. The van der Waals surface area contributed by atoms with Gasteiger partial charge in [0.15, 0.2) is 0 Å². The zero-order valence-corrected chi connectivity index (χ0v) is 12.5. The fraction of sp³-hybridized carbons (Fsp3) is 0.0714. The van der Waals surface area contributed by atoms with Crippen LogP contribution in [0.3, 0.4) is 0 Å². The summed E-state index contributed by atoms with van der Waals surface area (Å²) in [5.74, 6) is 0.129. The van der Waals surface area contributed by atoms with Crippen LogP contribution in [0.1, 0.15) is 9.67 Å². The Kier molecular flexibility index (Phi) is 3.72. The predicted molar refractivity (Wildman–Crippen MR) is 83.4 cm³/mol. The predicted octanol–water partition coefficient (Wildman–Crippen LogP) is 3.61. The molecule has 1 N–H and O–H groups in total. The molecule has 1 amide bonds. The molecule has 5 nitrogen and oxygen atoms in total. The highest BCUT2D eigenvalue weighted by molar-refractivity contribution is 7.20. The molecule has 0 saturated carbocycles. The topological polar surface area (TPSA) is 64.1 Å². The Morgan fingerprint density at radius 2 is 2.10 bits per heavy atom. The quantitative estimate of drug-likeness (QED) is 0.749. The van der Waals surface area contributed by atoms with Gasteiger partial charge in [-0.05, 0) is 17.5 Å². The monoisotopic (exact) mass is 319 g/mol. The lowest BCUT2D eigenvalue weighted by Gasteiger charge is -2.04. The molecular formula is C14H10ClN3O2S. The Balaban J connectivity index is 1.87. The van der Waals surface area contributed by atoms with Crippen molar-refractivity contribution in [2.45, 2.75) is 0 Å². The van der Waals surface area contributed by atoms with E-state index in [4.69, 9.17) is 16.3 Å². The maximum atomic E-state index is 12.2. The molecule has 0 unspecified atom stereocenters. The lowest BCUT2D eigenvalue weighted by molar-refractivity contribution is 0.102. The molecule has 2 heterocycles. The number of nitrogens with one attached hydrogen (secondary N) is 1. The molecule has 0 aliphatic rings. The molecule has 21 heavy (non-hydrogen) atoms. The van der Waals surface area contributed by atoms with Crippen LogP contribution in [0.2, 0.25) is 5.15 Å². The van der Waals surface area contributed by atoms with Crippen molar-refractivity contribution in [2.24, 2.45) is 0 Å².